The van der Waals surface area contributed by atoms with Crippen LogP contribution in [0.2, 0.25) is 0 Å². The van der Waals surface area contributed by atoms with Gasteiger partial charge in [-0.1, -0.05) is 66.2 Å². The normalized spacial score (nSPS) is 11.9. The monoisotopic (exact) mass is 441 g/mol. The highest BCUT2D eigenvalue weighted by molar-refractivity contribution is 7.55. The summed E-state index contributed by atoms with van der Waals surface area (Å²) in [5.41, 5.74) is 2.41. The van der Waals surface area contributed by atoms with Crippen LogP contribution < -0.4 is 5.09 Å². The van der Waals surface area contributed by atoms with Gasteiger partial charge in [0.05, 0.1) is 13.2 Å². The number of rotatable bonds is 17. The van der Waals surface area contributed by atoms with Crippen LogP contribution in [0.1, 0.15) is 109 Å². The second kappa shape index (κ2) is 14.9. The molecule has 0 bridgehead atoms. The molecule has 6 heteroatoms. The summed E-state index contributed by atoms with van der Waals surface area (Å²) in [6.45, 7) is 11.2. The standard InChI is InChI=1S/C24H44NO4P/c1-6-10-14-21(15-11-7-2)23-19-22(18-20(5)24(23)26)25-30(27,28-16-12-8-3)29-17-13-9-4/h18-19,21,26H,6-17H2,1-5H3,(H,25,27). The molecule has 0 aliphatic heterocycles. The van der Waals surface area contributed by atoms with Crippen LogP contribution in [0.5, 0.6) is 5.75 Å². The summed E-state index contributed by atoms with van der Waals surface area (Å²) >= 11 is 0. The lowest BCUT2D eigenvalue weighted by atomic mass is 9.87. The fourth-order valence-corrected chi connectivity index (χ4v) is 4.84. The van der Waals surface area contributed by atoms with Crippen LogP contribution in [0, 0.1) is 6.92 Å². The number of hydrogen-bond donors (Lipinski definition) is 2. The van der Waals surface area contributed by atoms with Gasteiger partial charge in [0.15, 0.2) is 0 Å². The lowest BCUT2D eigenvalue weighted by molar-refractivity contribution is 0.204. The predicted molar refractivity (Wildman–Crippen MR) is 128 cm³/mol. The number of nitrogens with one attached hydrogen (secondary N) is 1. The fraction of sp³-hybridized carbons (Fsp3) is 0.750. The highest BCUT2D eigenvalue weighted by Gasteiger charge is 2.26. The molecular formula is C24H44NO4P. The zero-order valence-electron chi connectivity index (χ0n) is 19.8. The second-order valence-corrected chi connectivity index (χ2v) is 9.93. The van der Waals surface area contributed by atoms with Gasteiger partial charge >= 0.3 is 7.75 Å². The molecule has 30 heavy (non-hydrogen) atoms. The van der Waals surface area contributed by atoms with Crippen LogP contribution in [-0.2, 0) is 13.6 Å². The lowest BCUT2D eigenvalue weighted by Gasteiger charge is -2.23. The summed E-state index contributed by atoms with van der Waals surface area (Å²) in [5.74, 6) is 0.651. The topological polar surface area (TPSA) is 67.8 Å². The van der Waals surface area contributed by atoms with E-state index in [-0.39, 0.29) is 0 Å². The Morgan fingerprint density at radius 3 is 1.87 bits per heavy atom. The van der Waals surface area contributed by atoms with Crippen LogP contribution in [0.15, 0.2) is 12.1 Å². The maximum Gasteiger partial charge on any atom is 0.432 e. The Morgan fingerprint density at radius 2 is 1.40 bits per heavy atom. The molecule has 5 nitrogen and oxygen atoms in total. The number of phenolic OH excluding ortho intramolecular Hbond substituents is 1. The van der Waals surface area contributed by atoms with Crippen molar-refractivity contribution in [2.75, 3.05) is 18.3 Å². The molecule has 0 unspecified atom stereocenters. The number of aryl methyl sites for hydroxylation is 1. The summed E-state index contributed by atoms with van der Waals surface area (Å²) in [7, 11) is -3.46. The number of hydrogen-bond acceptors (Lipinski definition) is 4. The minimum Gasteiger partial charge on any atom is -0.507 e. The van der Waals surface area contributed by atoms with E-state index in [0.717, 1.165) is 75.3 Å². The first-order chi connectivity index (χ1) is 14.4. The van der Waals surface area contributed by atoms with Gasteiger partial charge in [0.25, 0.3) is 0 Å². The molecule has 0 fully saturated rings. The van der Waals surface area contributed by atoms with Crippen LogP contribution >= 0.6 is 7.75 Å². The van der Waals surface area contributed by atoms with Gasteiger partial charge in [0.1, 0.15) is 5.75 Å². The third kappa shape index (κ3) is 9.41. The molecule has 0 aliphatic carbocycles. The maximum atomic E-state index is 13.3. The van der Waals surface area contributed by atoms with E-state index < -0.39 is 7.75 Å². The van der Waals surface area contributed by atoms with E-state index in [0.29, 0.717) is 30.6 Å². The molecule has 0 radical (unpaired) electrons. The maximum absolute atomic E-state index is 13.3. The first kappa shape index (κ1) is 27.0. The van der Waals surface area contributed by atoms with Crippen LogP contribution in [-0.4, -0.2) is 18.3 Å². The van der Waals surface area contributed by atoms with Crippen molar-refractivity contribution >= 4 is 13.4 Å². The summed E-state index contributed by atoms with van der Waals surface area (Å²) in [5, 5.41) is 13.8. The molecule has 174 valence electrons. The largest absolute Gasteiger partial charge is 0.507 e. The number of unbranched alkanes of at least 4 members (excludes halogenated alkanes) is 4. The smallest absolute Gasteiger partial charge is 0.432 e. The fourth-order valence-electron chi connectivity index (χ4n) is 3.46. The average molecular weight is 442 g/mol. The number of aromatic hydroxyl groups is 1. The third-order valence-corrected chi connectivity index (χ3v) is 6.94. The van der Waals surface area contributed by atoms with E-state index in [9.17, 15) is 9.67 Å². The van der Waals surface area contributed by atoms with Crippen molar-refractivity contribution in [1.82, 2.24) is 0 Å². The van der Waals surface area contributed by atoms with Gasteiger partial charge in [0, 0.05) is 5.69 Å². The van der Waals surface area contributed by atoms with Gasteiger partial charge in [-0.3, -0.25) is 14.1 Å². The molecule has 1 rings (SSSR count). The van der Waals surface area contributed by atoms with E-state index in [2.05, 4.69) is 32.8 Å². The molecule has 0 saturated carbocycles. The molecule has 0 saturated heterocycles. The first-order valence-electron chi connectivity index (χ1n) is 11.9. The predicted octanol–water partition coefficient (Wildman–Crippen LogP) is 8.32. The van der Waals surface area contributed by atoms with E-state index in [1.54, 1.807) is 0 Å². The van der Waals surface area contributed by atoms with Crippen molar-refractivity contribution in [2.45, 2.75) is 105 Å². The third-order valence-electron chi connectivity index (χ3n) is 5.37. The Kier molecular flexibility index (Phi) is 13.4. The molecule has 1 aromatic carbocycles. The van der Waals surface area contributed by atoms with Gasteiger partial charge in [-0.15, -0.1) is 0 Å². The zero-order chi connectivity index (χ0) is 22.4. The number of benzene rings is 1. The SMILES string of the molecule is CCCCOP(=O)(Nc1cc(C)c(O)c(C(CCCC)CCCC)c1)OCCCC. The van der Waals surface area contributed by atoms with Crippen molar-refractivity contribution < 1.29 is 18.7 Å². The van der Waals surface area contributed by atoms with E-state index >= 15 is 0 Å². The number of anilines is 1. The molecule has 0 spiro atoms. The summed E-state index contributed by atoms with van der Waals surface area (Å²) in [6.07, 6.45) is 10.2. The summed E-state index contributed by atoms with van der Waals surface area (Å²) < 4.78 is 24.7. The van der Waals surface area contributed by atoms with Crippen LogP contribution in [0.3, 0.4) is 0 Å². The lowest BCUT2D eigenvalue weighted by Crippen LogP contribution is -2.08. The van der Waals surface area contributed by atoms with Crippen molar-refractivity contribution in [3.63, 3.8) is 0 Å². The Morgan fingerprint density at radius 1 is 0.900 bits per heavy atom. The highest BCUT2D eigenvalue weighted by atomic mass is 31.2. The van der Waals surface area contributed by atoms with Gasteiger partial charge in [-0.25, -0.2) is 4.57 Å². The molecule has 2 N–H and O–H groups in total. The Bertz CT molecular complexity index is 628. The van der Waals surface area contributed by atoms with Crippen molar-refractivity contribution in [3.8, 4) is 5.75 Å². The second-order valence-electron chi connectivity index (χ2n) is 8.20. The van der Waals surface area contributed by atoms with Crippen molar-refractivity contribution in [2.24, 2.45) is 0 Å². The first-order valence-corrected chi connectivity index (χ1v) is 13.5. The van der Waals surface area contributed by atoms with Crippen molar-refractivity contribution in [3.05, 3.63) is 23.3 Å². The quantitative estimate of drug-likeness (QED) is 0.144. The molecule has 0 heterocycles. The Balaban J connectivity index is 3.13. The minimum absolute atomic E-state index is 0.298. The van der Waals surface area contributed by atoms with Gasteiger partial charge in [-0.2, -0.15) is 0 Å². The van der Waals surface area contributed by atoms with Gasteiger partial charge < -0.3 is 5.11 Å². The van der Waals surface area contributed by atoms with E-state index in [1.165, 1.54) is 0 Å². The summed E-state index contributed by atoms with van der Waals surface area (Å²) in [4.78, 5) is 0. The molecule has 0 amide bonds. The van der Waals surface area contributed by atoms with Crippen LogP contribution in [0.25, 0.3) is 0 Å². The van der Waals surface area contributed by atoms with E-state index in [4.69, 9.17) is 9.05 Å². The molecule has 1 aromatic rings. The Hall–Kier alpha value is -1.03. The van der Waals surface area contributed by atoms with Gasteiger partial charge in [0.2, 0.25) is 0 Å². The zero-order valence-corrected chi connectivity index (χ0v) is 20.7. The molecule has 0 aliphatic rings. The Labute approximate surface area is 184 Å². The van der Waals surface area contributed by atoms with Crippen molar-refractivity contribution in [1.29, 1.82) is 0 Å². The summed E-state index contributed by atoms with van der Waals surface area (Å²) in [6, 6.07) is 3.77. The average Bonchev–Trinajstić information content (AvgIpc) is 2.71. The number of phenols is 1. The molecule has 0 atom stereocenters. The molecule has 0 aromatic heterocycles. The van der Waals surface area contributed by atoms with E-state index in [1.807, 2.05) is 19.1 Å². The van der Waals surface area contributed by atoms with Crippen LogP contribution in [0.4, 0.5) is 5.69 Å². The molecular weight excluding hydrogens is 397 g/mol. The van der Waals surface area contributed by atoms with Gasteiger partial charge in [-0.05, 0) is 61.8 Å². The minimum atomic E-state index is -3.46. The highest BCUT2D eigenvalue weighted by Crippen LogP contribution is 2.49.